The Hall–Kier alpha value is -3.74. The summed E-state index contributed by atoms with van der Waals surface area (Å²) in [4.78, 5) is 31.4. The van der Waals surface area contributed by atoms with Gasteiger partial charge in [0.05, 0.1) is 23.1 Å². The minimum atomic E-state index is -0.594. The van der Waals surface area contributed by atoms with Crippen LogP contribution in [0.2, 0.25) is 0 Å². The van der Waals surface area contributed by atoms with Crippen LogP contribution < -0.4 is 5.32 Å². The fourth-order valence-electron chi connectivity index (χ4n) is 3.16. The van der Waals surface area contributed by atoms with Crippen LogP contribution >= 0.6 is 0 Å². The van der Waals surface area contributed by atoms with Gasteiger partial charge in [0.15, 0.2) is 0 Å². The summed E-state index contributed by atoms with van der Waals surface area (Å²) in [5.74, 6) is -0.757. The fraction of sp³-hybridized carbons (Fsp3) is 0.174. The molecule has 6 nitrogen and oxygen atoms in total. The van der Waals surface area contributed by atoms with Gasteiger partial charge in [0.2, 0.25) is 5.91 Å². The molecule has 1 aromatic heterocycles. The molecule has 0 aliphatic rings. The molecule has 1 N–H and O–H groups in total. The van der Waals surface area contributed by atoms with Gasteiger partial charge in [0, 0.05) is 13.1 Å². The van der Waals surface area contributed by atoms with Crippen LogP contribution in [0.1, 0.15) is 16.2 Å². The lowest BCUT2D eigenvalue weighted by molar-refractivity contribution is -0.130. The Morgan fingerprint density at radius 1 is 1.07 bits per heavy atom. The van der Waals surface area contributed by atoms with Gasteiger partial charge in [-0.1, -0.05) is 36.4 Å². The zero-order chi connectivity index (χ0) is 21.5. The smallest absolute Gasteiger partial charge is 0.254 e. The summed E-state index contributed by atoms with van der Waals surface area (Å²) in [5.41, 5.74) is 1.44. The second-order valence-electron chi connectivity index (χ2n) is 6.64. The van der Waals surface area contributed by atoms with Crippen LogP contribution in [0.4, 0.5) is 4.39 Å². The predicted octanol–water partition coefficient (Wildman–Crippen LogP) is 3.31. The van der Waals surface area contributed by atoms with Crippen LogP contribution in [0.25, 0.3) is 11.0 Å². The van der Waals surface area contributed by atoms with E-state index in [0.717, 1.165) is 5.52 Å². The number of fused-ring (bicyclic) bond motifs is 1. The molecule has 1 heterocycles. The first-order valence-corrected chi connectivity index (χ1v) is 9.51. The monoisotopic (exact) mass is 406 g/mol. The SMILES string of the molecule is C=CCN(CC=C)C(=O)Cn1c(CNC(=O)c2ccccc2F)nc2ccccc21. The van der Waals surface area contributed by atoms with E-state index in [4.69, 9.17) is 0 Å². The molecule has 7 heteroatoms. The third-order valence-electron chi connectivity index (χ3n) is 4.60. The molecule has 2 amide bonds. The van der Waals surface area contributed by atoms with E-state index in [1.54, 1.807) is 27.7 Å². The number of nitrogens with zero attached hydrogens (tertiary/aromatic N) is 3. The minimum Gasteiger partial charge on any atom is -0.345 e. The van der Waals surface area contributed by atoms with Gasteiger partial charge in [-0.05, 0) is 24.3 Å². The lowest BCUT2D eigenvalue weighted by atomic mass is 10.2. The largest absolute Gasteiger partial charge is 0.345 e. The van der Waals surface area contributed by atoms with E-state index >= 15 is 0 Å². The van der Waals surface area contributed by atoms with Gasteiger partial charge in [-0.15, -0.1) is 13.2 Å². The molecule has 30 heavy (non-hydrogen) atoms. The van der Waals surface area contributed by atoms with Gasteiger partial charge < -0.3 is 14.8 Å². The molecule has 0 aliphatic carbocycles. The molecule has 3 aromatic rings. The van der Waals surface area contributed by atoms with Crippen LogP contribution in [0.3, 0.4) is 0 Å². The van der Waals surface area contributed by atoms with Crippen molar-refractivity contribution in [2.75, 3.05) is 13.1 Å². The summed E-state index contributed by atoms with van der Waals surface area (Å²) in [6.45, 7) is 8.28. The van der Waals surface area contributed by atoms with E-state index in [1.807, 2.05) is 24.3 Å². The number of amides is 2. The van der Waals surface area contributed by atoms with Crippen molar-refractivity contribution in [1.29, 1.82) is 0 Å². The van der Waals surface area contributed by atoms with Gasteiger partial charge in [-0.3, -0.25) is 9.59 Å². The third kappa shape index (κ3) is 4.63. The average Bonchev–Trinajstić information content (AvgIpc) is 3.09. The van der Waals surface area contributed by atoms with Crippen LogP contribution in [0, 0.1) is 5.82 Å². The Balaban J connectivity index is 1.85. The van der Waals surface area contributed by atoms with Crippen LogP contribution in [0.15, 0.2) is 73.8 Å². The number of carbonyl (C=O) groups excluding carboxylic acids is 2. The highest BCUT2D eigenvalue weighted by molar-refractivity contribution is 5.94. The fourth-order valence-corrected chi connectivity index (χ4v) is 3.16. The number of aromatic nitrogens is 2. The van der Waals surface area contributed by atoms with Gasteiger partial charge in [0.1, 0.15) is 18.2 Å². The molecule has 0 bridgehead atoms. The van der Waals surface area contributed by atoms with E-state index in [9.17, 15) is 14.0 Å². The predicted molar refractivity (Wildman–Crippen MR) is 114 cm³/mol. The molecule has 2 aromatic carbocycles. The first-order valence-electron chi connectivity index (χ1n) is 9.51. The van der Waals surface area contributed by atoms with Gasteiger partial charge in [-0.25, -0.2) is 9.37 Å². The maximum atomic E-state index is 13.9. The van der Waals surface area contributed by atoms with Crippen LogP contribution in [0.5, 0.6) is 0 Å². The molecule has 0 radical (unpaired) electrons. The molecule has 0 atom stereocenters. The number of nitrogens with one attached hydrogen (secondary N) is 1. The number of imidazole rings is 1. The van der Waals surface area contributed by atoms with Crippen LogP contribution in [-0.2, 0) is 17.9 Å². The standard InChI is InChI=1S/C23H23FN4O2/c1-3-13-27(14-4-2)22(29)16-28-20-12-8-7-11-19(20)26-21(28)15-25-23(30)17-9-5-6-10-18(17)24/h3-12H,1-2,13-16H2,(H,25,30). The minimum absolute atomic E-state index is 0.0422. The third-order valence-corrected chi connectivity index (χ3v) is 4.60. The Morgan fingerprint density at radius 3 is 2.43 bits per heavy atom. The Morgan fingerprint density at radius 2 is 1.73 bits per heavy atom. The molecule has 0 saturated heterocycles. The second kappa shape index (κ2) is 9.65. The summed E-state index contributed by atoms with van der Waals surface area (Å²) < 4.78 is 15.6. The summed E-state index contributed by atoms with van der Waals surface area (Å²) in [6, 6.07) is 13.2. The van der Waals surface area contributed by atoms with Crippen molar-refractivity contribution in [3.05, 3.63) is 91.0 Å². The zero-order valence-corrected chi connectivity index (χ0v) is 16.6. The Kier molecular flexibility index (Phi) is 6.75. The summed E-state index contributed by atoms with van der Waals surface area (Å²) in [5, 5.41) is 2.69. The first kappa shape index (κ1) is 21.0. The maximum Gasteiger partial charge on any atom is 0.254 e. The number of hydrogen-bond donors (Lipinski definition) is 1. The second-order valence-corrected chi connectivity index (χ2v) is 6.64. The van der Waals surface area contributed by atoms with Crippen molar-refractivity contribution >= 4 is 22.8 Å². The molecule has 0 unspecified atom stereocenters. The molecule has 0 aliphatic heterocycles. The van der Waals surface area contributed by atoms with E-state index < -0.39 is 11.7 Å². The molecule has 0 saturated carbocycles. The molecule has 0 fully saturated rings. The Bertz CT molecular complexity index is 1080. The molecular weight excluding hydrogens is 383 g/mol. The van der Waals surface area contributed by atoms with Gasteiger partial charge in [0.25, 0.3) is 5.91 Å². The van der Waals surface area contributed by atoms with Crippen molar-refractivity contribution in [3.8, 4) is 0 Å². The first-order chi connectivity index (χ1) is 14.5. The molecule has 0 spiro atoms. The number of para-hydroxylation sites is 2. The zero-order valence-electron chi connectivity index (χ0n) is 16.6. The highest BCUT2D eigenvalue weighted by atomic mass is 19.1. The maximum absolute atomic E-state index is 13.9. The van der Waals surface area contributed by atoms with Crippen molar-refractivity contribution in [2.45, 2.75) is 13.1 Å². The van der Waals surface area contributed by atoms with E-state index in [1.165, 1.54) is 18.2 Å². The highest BCUT2D eigenvalue weighted by Crippen LogP contribution is 2.17. The topological polar surface area (TPSA) is 67.2 Å². The average molecular weight is 406 g/mol. The van der Waals surface area contributed by atoms with Crippen molar-refractivity contribution in [2.24, 2.45) is 0 Å². The quantitative estimate of drug-likeness (QED) is 0.555. The van der Waals surface area contributed by atoms with E-state index in [2.05, 4.69) is 23.5 Å². The Labute approximate surface area is 174 Å². The van der Waals surface area contributed by atoms with Gasteiger partial charge >= 0.3 is 0 Å². The van der Waals surface area contributed by atoms with Crippen molar-refractivity contribution in [1.82, 2.24) is 19.8 Å². The summed E-state index contributed by atoms with van der Waals surface area (Å²) in [7, 11) is 0. The highest BCUT2D eigenvalue weighted by Gasteiger charge is 2.18. The van der Waals surface area contributed by atoms with Crippen LogP contribution in [-0.4, -0.2) is 39.4 Å². The summed E-state index contributed by atoms with van der Waals surface area (Å²) in [6.07, 6.45) is 3.31. The number of benzene rings is 2. The number of rotatable bonds is 9. The normalized spacial score (nSPS) is 10.6. The van der Waals surface area contributed by atoms with Crippen molar-refractivity contribution in [3.63, 3.8) is 0 Å². The lowest BCUT2D eigenvalue weighted by Crippen LogP contribution is -2.35. The number of carbonyl (C=O) groups is 2. The lowest BCUT2D eigenvalue weighted by Gasteiger charge is -2.20. The molecule has 154 valence electrons. The van der Waals surface area contributed by atoms with E-state index in [0.29, 0.717) is 24.4 Å². The molecular formula is C23H23FN4O2. The van der Waals surface area contributed by atoms with E-state index in [-0.39, 0.29) is 24.6 Å². The van der Waals surface area contributed by atoms with Crippen molar-refractivity contribution < 1.29 is 14.0 Å². The number of hydrogen-bond acceptors (Lipinski definition) is 3. The molecule has 3 rings (SSSR count). The number of halogens is 1. The summed E-state index contributed by atoms with van der Waals surface area (Å²) >= 11 is 0. The van der Waals surface area contributed by atoms with Gasteiger partial charge in [-0.2, -0.15) is 0 Å².